The lowest BCUT2D eigenvalue weighted by molar-refractivity contribution is 0.0763. The first-order valence-electron chi connectivity index (χ1n) is 7.59. The number of hydrogen-bond donors (Lipinski definition) is 1. The van der Waals surface area contributed by atoms with Gasteiger partial charge in [-0.25, -0.2) is 0 Å². The number of likely N-dealkylation sites (tertiary alicyclic amines) is 1. The molecule has 1 saturated heterocycles. The quantitative estimate of drug-likeness (QED) is 0.797. The summed E-state index contributed by atoms with van der Waals surface area (Å²) < 4.78 is 0. The summed E-state index contributed by atoms with van der Waals surface area (Å²) >= 11 is 0. The van der Waals surface area contributed by atoms with E-state index in [2.05, 4.69) is 18.7 Å². The molecule has 1 saturated carbocycles. The van der Waals surface area contributed by atoms with Gasteiger partial charge in [-0.1, -0.05) is 39.5 Å². The van der Waals surface area contributed by atoms with Gasteiger partial charge in [0.1, 0.15) is 0 Å². The molecule has 2 rings (SSSR count). The van der Waals surface area contributed by atoms with Crippen LogP contribution in [0.4, 0.5) is 0 Å². The fourth-order valence-corrected chi connectivity index (χ4v) is 3.81. The molecule has 0 radical (unpaired) electrons. The van der Waals surface area contributed by atoms with Gasteiger partial charge in [-0.05, 0) is 37.6 Å². The molecule has 1 N–H and O–H groups in total. The third-order valence-electron chi connectivity index (χ3n) is 4.71. The van der Waals surface area contributed by atoms with Gasteiger partial charge in [0.15, 0.2) is 0 Å². The third kappa shape index (κ3) is 3.69. The molecule has 2 fully saturated rings. The van der Waals surface area contributed by atoms with E-state index in [1.807, 2.05) is 0 Å². The van der Waals surface area contributed by atoms with Gasteiger partial charge >= 0.3 is 0 Å². The van der Waals surface area contributed by atoms with Crippen molar-refractivity contribution in [3.8, 4) is 0 Å². The fraction of sp³-hybridized carbons (Fsp3) is 1.00. The first-order chi connectivity index (χ1) is 8.16. The topological polar surface area (TPSA) is 23.5 Å². The Morgan fingerprint density at radius 1 is 1.12 bits per heavy atom. The molecule has 0 aromatic rings. The highest BCUT2D eigenvalue weighted by Gasteiger charge is 2.29. The number of aliphatic hydroxyl groups is 1. The van der Waals surface area contributed by atoms with E-state index in [0.29, 0.717) is 6.04 Å². The van der Waals surface area contributed by atoms with Crippen LogP contribution >= 0.6 is 0 Å². The van der Waals surface area contributed by atoms with E-state index in [4.69, 9.17) is 0 Å². The Morgan fingerprint density at radius 2 is 1.82 bits per heavy atom. The molecule has 2 nitrogen and oxygen atoms in total. The van der Waals surface area contributed by atoms with Crippen LogP contribution in [0.15, 0.2) is 0 Å². The molecule has 0 aromatic carbocycles. The lowest BCUT2D eigenvalue weighted by atomic mass is 9.98. The highest BCUT2D eigenvalue weighted by Crippen LogP contribution is 2.30. The molecule has 1 aliphatic carbocycles. The van der Waals surface area contributed by atoms with Gasteiger partial charge in [0.05, 0.1) is 6.10 Å². The van der Waals surface area contributed by atoms with E-state index in [1.54, 1.807) is 0 Å². The van der Waals surface area contributed by atoms with Gasteiger partial charge < -0.3 is 5.11 Å². The smallest absolute Gasteiger partial charge is 0.0669 e. The number of hydrogen-bond acceptors (Lipinski definition) is 2. The summed E-state index contributed by atoms with van der Waals surface area (Å²) in [5.74, 6) is 1.54. The monoisotopic (exact) mass is 239 g/mol. The van der Waals surface area contributed by atoms with Crippen LogP contribution in [0.5, 0.6) is 0 Å². The van der Waals surface area contributed by atoms with E-state index in [-0.39, 0.29) is 6.10 Å². The van der Waals surface area contributed by atoms with E-state index >= 15 is 0 Å². The van der Waals surface area contributed by atoms with E-state index < -0.39 is 0 Å². The maximum atomic E-state index is 10.2. The molecule has 2 unspecified atom stereocenters. The second kappa shape index (κ2) is 6.19. The zero-order valence-electron chi connectivity index (χ0n) is 11.6. The Kier molecular flexibility index (Phi) is 4.87. The third-order valence-corrected chi connectivity index (χ3v) is 4.71. The van der Waals surface area contributed by atoms with Gasteiger partial charge in [0.2, 0.25) is 0 Å². The standard InChI is InChI=1S/C15H29NO/c1-12(2)15-8-5-9-16(15)11-14(17)10-13-6-3-4-7-13/h12-15,17H,3-11H2,1-2H3. The van der Waals surface area contributed by atoms with Crippen molar-refractivity contribution >= 4 is 0 Å². The predicted molar refractivity (Wildman–Crippen MR) is 72.0 cm³/mol. The van der Waals surface area contributed by atoms with Gasteiger partial charge in [-0.15, -0.1) is 0 Å². The van der Waals surface area contributed by atoms with Gasteiger partial charge in [-0.3, -0.25) is 4.90 Å². The van der Waals surface area contributed by atoms with Crippen LogP contribution in [0.1, 0.15) is 58.8 Å². The summed E-state index contributed by atoms with van der Waals surface area (Å²) in [7, 11) is 0. The predicted octanol–water partition coefficient (Wildman–Crippen LogP) is 3.05. The minimum atomic E-state index is -0.0857. The Balaban J connectivity index is 1.75. The minimum Gasteiger partial charge on any atom is -0.392 e. The van der Waals surface area contributed by atoms with Crippen LogP contribution in [-0.4, -0.2) is 35.2 Å². The molecule has 2 aliphatic rings. The molecular formula is C15H29NO. The van der Waals surface area contributed by atoms with Gasteiger partial charge in [0.25, 0.3) is 0 Å². The number of β-amino-alcohol motifs (C(OH)–C–C–N with tert-alkyl or cyclic N) is 1. The van der Waals surface area contributed by atoms with Crippen molar-refractivity contribution in [3.05, 3.63) is 0 Å². The van der Waals surface area contributed by atoms with Gasteiger partial charge in [-0.2, -0.15) is 0 Å². The average molecular weight is 239 g/mol. The highest BCUT2D eigenvalue weighted by molar-refractivity contribution is 4.83. The summed E-state index contributed by atoms with van der Waals surface area (Å²) in [4.78, 5) is 2.53. The molecule has 0 amide bonds. The van der Waals surface area contributed by atoms with E-state index in [0.717, 1.165) is 24.8 Å². The van der Waals surface area contributed by atoms with Crippen molar-refractivity contribution in [1.29, 1.82) is 0 Å². The zero-order valence-corrected chi connectivity index (χ0v) is 11.6. The van der Waals surface area contributed by atoms with Crippen molar-refractivity contribution in [2.24, 2.45) is 11.8 Å². The van der Waals surface area contributed by atoms with Crippen LogP contribution in [0.2, 0.25) is 0 Å². The largest absolute Gasteiger partial charge is 0.392 e. The highest BCUT2D eigenvalue weighted by atomic mass is 16.3. The zero-order chi connectivity index (χ0) is 12.3. The Morgan fingerprint density at radius 3 is 2.47 bits per heavy atom. The SMILES string of the molecule is CC(C)C1CCCN1CC(O)CC1CCCC1. The molecule has 2 atom stereocenters. The van der Waals surface area contributed by atoms with Crippen LogP contribution in [-0.2, 0) is 0 Å². The number of nitrogens with zero attached hydrogens (tertiary/aromatic N) is 1. The summed E-state index contributed by atoms with van der Waals surface area (Å²) in [6, 6.07) is 0.716. The fourth-order valence-electron chi connectivity index (χ4n) is 3.81. The molecular weight excluding hydrogens is 210 g/mol. The van der Waals surface area contributed by atoms with Crippen LogP contribution < -0.4 is 0 Å². The summed E-state index contributed by atoms with van der Waals surface area (Å²) in [6.45, 7) is 6.74. The lowest BCUT2D eigenvalue weighted by Crippen LogP contribution is -2.39. The van der Waals surface area contributed by atoms with Crippen LogP contribution in [0.25, 0.3) is 0 Å². The Hall–Kier alpha value is -0.0800. The average Bonchev–Trinajstić information content (AvgIpc) is 2.88. The molecule has 1 aliphatic heterocycles. The van der Waals surface area contributed by atoms with Crippen LogP contribution in [0.3, 0.4) is 0 Å². The minimum absolute atomic E-state index is 0.0857. The molecule has 0 bridgehead atoms. The van der Waals surface area contributed by atoms with Crippen molar-refractivity contribution in [2.45, 2.75) is 70.9 Å². The van der Waals surface area contributed by atoms with Gasteiger partial charge in [0, 0.05) is 12.6 Å². The molecule has 0 spiro atoms. The second-order valence-electron chi connectivity index (χ2n) is 6.49. The van der Waals surface area contributed by atoms with Crippen molar-refractivity contribution < 1.29 is 5.11 Å². The Labute approximate surface area is 106 Å². The van der Waals surface area contributed by atoms with Crippen molar-refractivity contribution in [3.63, 3.8) is 0 Å². The maximum absolute atomic E-state index is 10.2. The molecule has 2 heteroatoms. The number of rotatable bonds is 5. The Bertz CT molecular complexity index is 223. The first kappa shape index (κ1) is 13.4. The number of aliphatic hydroxyl groups excluding tert-OH is 1. The van der Waals surface area contributed by atoms with Crippen LogP contribution in [0, 0.1) is 11.8 Å². The summed E-state index contributed by atoms with van der Waals surface area (Å²) in [5.41, 5.74) is 0. The maximum Gasteiger partial charge on any atom is 0.0669 e. The normalized spacial score (nSPS) is 29.3. The van der Waals surface area contributed by atoms with Crippen molar-refractivity contribution in [1.82, 2.24) is 4.90 Å². The summed E-state index contributed by atoms with van der Waals surface area (Å²) in [5, 5.41) is 10.2. The molecule has 0 aromatic heterocycles. The molecule has 17 heavy (non-hydrogen) atoms. The second-order valence-corrected chi connectivity index (χ2v) is 6.49. The summed E-state index contributed by atoms with van der Waals surface area (Å²) in [6.07, 6.45) is 9.08. The van der Waals surface area contributed by atoms with E-state index in [1.165, 1.54) is 45.1 Å². The molecule has 1 heterocycles. The van der Waals surface area contributed by atoms with Crippen molar-refractivity contribution in [2.75, 3.05) is 13.1 Å². The van der Waals surface area contributed by atoms with E-state index in [9.17, 15) is 5.11 Å². The lowest BCUT2D eigenvalue weighted by Gasteiger charge is -2.30. The molecule has 100 valence electrons. The first-order valence-corrected chi connectivity index (χ1v) is 7.59.